The van der Waals surface area contributed by atoms with Crippen molar-refractivity contribution >= 4 is 61.5 Å². The molecule has 176 valence electrons. The number of fused-ring (bicyclic) bond motifs is 2. The van der Waals surface area contributed by atoms with Gasteiger partial charge in [-0.1, -0.05) is 11.8 Å². The average molecular weight is 600 g/mol. The molecule has 1 atom stereocenters. The van der Waals surface area contributed by atoms with Gasteiger partial charge in [-0.2, -0.15) is 12.7 Å². The lowest BCUT2D eigenvalue weighted by Crippen LogP contribution is -2.43. The minimum absolute atomic E-state index is 0.228. The molecule has 1 aliphatic heterocycles. The zero-order chi connectivity index (χ0) is 23.2. The Balaban J connectivity index is 1.43. The summed E-state index contributed by atoms with van der Waals surface area (Å²) in [6.07, 6.45) is 7.54. The molecule has 0 amide bonds. The van der Waals surface area contributed by atoms with Crippen LogP contribution < -0.4 is 10.9 Å². The highest BCUT2D eigenvalue weighted by molar-refractivity contribution is 14.1. The van der Waals surface area contributed by atoms with Gasteiger partial charge in [-0.3, -0.25) is 0 Å². The van der Waals surface area contributed by atoms with Crippen molar-refractivity contribution in [3.05, 3.63) is 33.2 Å². The Morgan fingerprint density at radius 3 is 2.76 bits per heavy atom. The number of anilines is 1. The van der Waals surface area contributed by atoms with E-state index in [1.165, 1.54) is 36.6 Å². The minimum Gasteiger partial charge on any atom is -0.382 e. The number of rotatable bonds is 6. The Bertz CT molecular complexity index is 1310. The van der Waals surface area contributed by atoms with Crippen LogP contribution in [0.3, 0.4) is 0 Å². The number of nitrogens with two attached hydrogens (primary N) is 2. The molecule has 9 nitrogen and oxygen atoms in total. The molecule has 2 aromatic heterocycles. The molecule has 1 fully saturated rings. The highest BCUT2D eigenvalue weighted by atomic mass is 127. The molecule has 1 unspecified atom stereocenters. The maximum absolute atomic E-state index is 11.8. The fourth-order valence-electron chi connectivity index (χ4n) is 4.77. The topological polar surface area (TPSA) is 133 Å². The Kier molecular flexibility index (Phi) is 6.55. The maximum Gasteiger partial charge on any atom is 0.276 e. The summed E-state index contributed by atoms with van der Waals surface area (Å²) in [7, 11) is -3.66. The lowest BCUT2D eigenvalue weighted by molar-refractivity contribution is 0.248. The molecule has 3 heterocycles. The van der Waals surface area contributed by atoms with Gasteiger partial charge in [0.05, 0.1) is 0 Å². The summed E-state index contributed by atoms with van der Waals surface area (Å²) < 4.78 is 28.3. The molecule has 1 aliphatic carbocycles. The van der Waals surface area contributed by atoms with Crippen LogP contribution in [0.2, 0.25) is 0 Å². The fraction of sp³-hybridized carbons (Fsp3) is 0.476. The fourth-order valence-corrected chi connectivity index (χ4v) is 7.41. The Morgan fingerprint density at radius 1 is 1.18 bits per heavy atom. The monoisotopic (exact) mass is 599 g/mol. The molecule has 12 heteroatoms. The number of halogens is 1. The largest absolute Gasteiger partial charge is 0.382 e. The number of nitrogens with zero attached hydrogens (tertiary/aromatic N) is 5. The molecule has 0 radical (unpaired) electrons. The smallest absolute Gasteiger partial charge is 0.276 e. The van der Waals surface area contributed by atoms with Crippen molar-refractivity contribution in [2.24, 2.45) is 11.1 Å². The van der Waals surface area contributed by atoms with E-state index in [1.807, 2.05) is 0 Å². The van der Waals surface area contributed by atoms with Gasteiger partial charge in [-0.25, -0.2) is 20.1 Å². The number of hydrogen-bond acceptors (Lipinski definition) is 7. The van der Waals surface area contributed by atoms with Crippen molar-refractivity contribution < 1.29 is 8.42 Å². The number of aryl methyl sites for hydroxylation is 3. The number of benzene rings is 1. The number of hydrogen-bond donors (Lipinski definition) is 2. The molecule has 1 saturated heterocycles. The molecule has 0 bridgehead atoms. The van der Waals surface area contributed by atoms with E-state index >= 15 is 0 Å². The quantitative estimate of drug-likeness (QED) is 0.417. The summed E-state index contributed by atoms with van der Waals surface area (Å²) in [5, 5.41) is 6.19. The molecule has 3 aromatic rings. The van der Waals surface area contributed by atoms with Crippen molar-refractivity contribution in [2.45, 2.75) is 55.1 Å². The maximum atomic E-state index is 11.8. The van der Waals surface area contributed by atoms with Gasteiger partial charge in [-0.15, -0.1) is 0 Å². The highest BCUT2D eigenvalue weighted by Crippen LogP contribution is 2.37. The third-order valence-corrected chi connectivity index (χ3v) is 9.84. The van der Waals surface area contributed by atoms with Crippen molar-refractivity contribution in [1.82, 2.24) is 23.8 Å². The van der Waals surface area contributed by atoms with Gasteiger partial charge >= 0.3 is 0 Å². The highest BCUT2D eigenvalue weighted by Gasteiger charge is 2.27. The summed E-state index contributed by atoms with van der Waals surface area (Å²) in [5.74, 6) is 0.592. The Labute approximate surface area is 211 Å². The first-order valence-corrected chi connectivity index (χ1v) is 14.4. The van der Waals surface area contributed by atoms with Gasteiger partial charge in [0.25, 0.3) is 10.2 Å². The average Bonchev–Trinajstić information content (AvgIpc) is 3.37. The van der Waals surface area contributed by atoms with Crippen molar-refractivity contribution in [3.63, 3.8) is 0 Å². The van der Waals surface area contributed by atoms with E-state index in [2.05, 4.69) is 49.3 Å². The van der Waals surface area contributed by atoms with Crippen LogP contribution in [0.5, 0.6) is 0 Å². The van der Waals surface area contributed by atoms with Crippen molar-refractivity contribution in [1.29, 1.82) is 0 Å². The minimum atomic E-state index is -3.66. The van der Waals surface area contributed by atoms with Gasteiger partial charge in [0, 0.05) is 28.1 Å². The predicted octanol–water partition coefficient (Wildman–Crippen LogP) is 2.96. The van der Waals surface area contributed by atoms with E-state index in [0.29, 0.717) is 36.6 Å². The lowest BCUT2D eigenvalue weighted by Gasteiger charge is -2.30. The summed E-state index contributed by atoms with van der Waals surface area (Å²) in [4.78, 5) is 14.6. The van der Waals surface area contributed by atoms with Gasteiger partial charge in [0.1, 0.15) is 6.33 Å². The molecule has 2 aliphatic rings. The van der Waals surface area contributed by atoms with E-state index in [1.54, 1.807) is 11.8 Å². The standard InChI is InChI=1S/C21H26IN7O2S2/c22-16-9-14-4-1-5-15(14)10-17(16)32-21-27-18-19(23)25-12-26-20(18)29(21)8-6-13-3-2-7-28(11-13)33(24,30)31/h9-10,12-13H,1-8,11H2,(H2,23,25,26)(H2,24,30,31). The summed E-state index contributed by atoms with van der Waals surface area (Å²) in [6.45, 7) is 1.61. The second kappa shape index (κ2) is 9.29. The van der Waals surface area contributed by atoms with Crippen LogP contribution in [0.25, 0.3) is 11.2 Å². The van der Waals surface area contributed by atoms with Crippen LogP contribution in [0.15, 0.2) is 28.5 Å². The summed E-state index contributed by atoms with van der Waals surface area (Å²) in [6, 6.07) is 4.58. The molecule has 4 N–H and O–H groups in total. The van der Waals surface area contributed by atoms with E-state index in [0.717, 1.165) is 37.3 Å². The van der Waals surface area contributed by atoms with Crippen LogP contribution in [-0.2, 0) is 29.6 Å². The molecule has 1 aromatic carbocycles. The van der Waals surface area contributed by atoms with Gasteiger partial charge in [-0.05, 0) is 90.3 Å². The van der Waals surface area contributed by atoms with Crippen molar-refractivity contribution in [3.8, 4) is 0 Å². The van der Waals surface area contributed by atoms with E-state index in [4.69, 9.17) is 15.9 Å². The molecule has 0 saturated carbocycles. The molecule has 33 heavy (non-hydrogen) atoms. The number of imidazole rings is 1. The van der Waals surface area contributed by atoms with Crippen LogP contribution in [0.4, 0.5) is 5.82 Å². The zero-order valence-corrected chi connectivity index (χ0v) is 21.9. The third-order valence-electron chi connectivity index (χ3n) is 6.48. The summed E-state index contributed by atoms with van der Waals surface area (Å²) >= 11 is 4.03. The van der Waals surface area contributed by atoms with E-state index in [9.17, 15) is 8.42 Å². The molecular weight excluding hydrogens is 573 g/mol. The van der Waals surface area contributed by atoms with Crippen LogP contribution in [0.1, 0.15) is 36.8 Å². The van der Waals surface area contributed by atoms with Gasteiger partial charge in [0.15, 0.2) is 22.1 Å². The van der Waals surface area contributed by atoms with Crippen LogP contribution in [-0.4, -0.2) is 45.3 Å². The van der Waals surface area contributed by atoms with E-state index < -0.39 is 10.2 Å². The molecule has 5 rings (SSSR count). The summed E-state index contributed by atoms with van der Waals surface area (Å²) in [5.41, 5.74) is 10.3. The van der Waals surface area contributed by atoms with Gasteiger partial charge in [0.2, 0.25) is 0 Å². The Morgan fingerprint density at radius 2 is 1.97 bits per heavy atom. The predicted molar refractivity (Wildman–Crippen MR) is 137 cm³/mol. The molecular formula is C21H26IN7O2S2. The van der Waals surface area contributed by atoms with Crippen molar-refractivity contribution in [2.75, 3.05) is 18.8 Å². The first-order valence-electron chi connectivity index (χ1n) is 11.0. The second-order valence-electron chi connectivity index (χ2n) is 8.68. The van der Waals surface area contributed by atoms with E-state index in [-0.39, 0.29) is 5.92 Å². The first kappa shape index (κ1) is 23.3. The Hall–Kier alpha value is -1.48. The number of aromatic nitrogens is 4. The van der Waals surface area contributed by atoms with Crippen LogP contribution >= 0.6 is 34.4 Å². The second-order valence-corrected chi connectivity index (χ2v) is 12.4. The molecule has 0 spiro atoms. The lowest BCUT2D eigenvalue weighted by atomic mass is 9.96. The SMILES string of the molecule is Nc1ncnc2c1nc(Sc1cc3c(cc1I)CCC3)n2CCC1CCCN(S(N)(=O)=O)C1. The third kappa shape index (κ3) is 4.85. The van der Waals surface area contributed by atoms with Gasteiger partial charge < -0.3 is 10.3 Å². The number of piperidine rings is 1. The normalized spacial score (nSPS) is 19.3. The number of nitrogen functional groups attached to an aromatic ring is 1. The first-order chi connectivity index (χ1) is 15.8. The van der Waals surface area contributed by atoms with Crippen LogP contribution in [0, 0.1) is 9.49 Å². The zero-order valence-electron chi connectivity index (χ0n) is 18.1.